The van der Waals surface area contributed by atoms with E-state index in [0.29, 0.717) is 24.8 Å². The Labute approximate surface area is 164 Å². The zero-order chi connectivity index (χ0) is 19.6. The largest absolute Gasteiger partial charge is 0.490 e. The Morgan fingerprint density at radius 3 is 2.52 bits per heavy atom. The molecule has 0 aliphatic carbocycles. The smallest absolute Gasteiger partial charge is 0.259 e. The van der Waals surface area contributed by atoms with Crippen LogP contribution in [0.3, 0.4) is 0 Å². The van der Waals surface area contributed by atoms with Gasteiger partial charge in [0.1, 0.15) is 0 Å². The van der Waals surface area contributed by atoms with Crippen LogP contribution in [0.2, 0.25) is 0 Å². The zero-order valence-electron chi connectivity index (χ0n) is 16.2. The highest BCUT2D eigenvalue weighted by Crippen LogP contribution is 2.27. The van der Waals surface area contributed by atoms with Gasteiger partial charge in [0.2, 0.25) is 0 Å². The number of rotatable bonds is 11. The molecule has 2 rings (SSSR count). The lowest BCUT2D eigenvalue weighted by Crippen LogP contribution is -2.07. The summed E-state index contributed by atoms with van der Waals surface area (Å²) in [6, 6.07) is 13.7. The predicted octanol–water partition coefficient (Wildman–Crippen LogP) is 4.98. The van der Waals surface area contributed by atoms with Crippen LogP contribution in [0.15, 0.2) is 42.5 Å². The van der Waals surface area contributed by atoms with Gasteiger partial charge < -0.3 is 9.47 Å². The highest BCUT2D eigenvalue weighted by atomic mass is 32.2. The first kappa shape index (κ1) is 21.3. The van der Waals surface area contributed by atoms with E-state index in [1.807, 2.05) is 50.2 Å². The first-order valence-electron chi connectivity index (χ1n) is 9.31. The predicted molar refractivity (Wildman–Crippen MR) is 111 cm³/mol. The first-order valence-corrected chi connectivity index (χ1v) is 10.4. The van der Waals surface area contributed by atoms with Crippen molar-refractivity contribution in [3.05, 3.63) is 53.6 Å². The second kappa shape index (κ2) is 10.9. The second-order valence-corrected chi connectivity index (χ2v) is 7.38. The molecule has 0 aromatic heterocycles. The van der Waals surface area contributed by atoms with Crippen LogP contribution < -0.4 is 14.2 Å². The molecule has 0 saturated heterocycles. The summed E-state index contributed by atoms with van der Waals surface area (Å²) >= 11 is -2.05. The minimum Gasteiger partial charge on any atom is -0.490 e. The van der Waals surface area contributed by atoms with Crippen LogP contribution in [0.1, 0.15) is 37.8 Å². The lowest BCUT2D eigenvalue weighted by molar-refractivity contribution is 0.265. The van der Waals surface area contributed by atoms with Gasteiger partial charge in [-0.1, -0.05) is 31.2 Å². The van der Waals surface area contributed by atoms with Crippen LogP contribution in [-0.4, -0.2) is 22.0 Å². The minimum atomic E-state index is -2.05. The summed E-state index contributed by atoms with van der Waals surface area (Å²) < 4.78 is 34.0. The molecule has 148 valence electrons. The molecule has 6 heteroatoms. The van der Waals surface area contributed by atoms with E-state index in [4.69, 9.17) is 14.0 Å². The van der Waals surface area contributed by atoms with E-state index in [1.54, 1.807) is 0 Å². The van der Waals surface area contributed by atoms with E-state index >= 15 is 0 Å². The molecule has 0 amide bonds. The summed E-state index contributed by atoms with van der Waals surface area (Å²) in [4.78, 5) is 0. The summed E-state index contributed by atoms with van der Waals surface area (Å²) in [5, 5.41) is 0. The van der Waals surface area contributed by atoms with Crippen molar-refractivity contribution in [3.8, 4) is 11.5 Å². The third-order valence-corrected chi connectivity index (χ3v) is 4.73. The van der Waals surface area contributed by atoms with E-state index in [2.05, 4.69) is 17.7 Å². The van der Waals surface area contributed by atoms with E-state index in [1.165, 1.54) is 0 Å². The number of hydrogen-bond donors (Lipinski definition) is 2. The molecule has 0 saturated carbocycles. The molecule has 0 bridgehead atoms. The van der Waals surface area contributed by atoms with E-state index < -0.39 is 11.3 Å². The Kier molecular flexibility index (Phi) is 8.61. The molecule has 0 fully saturated rings. The van der Waals surface area contributed by atoms with Gasteiger partial charge in [0.25, 0.3) is 11.3 Å². The first-order chi connectivity index (χ1) is 13.0. The average Bonchev–Trinajstić information content (AvgIpc) is 2.63. The summed E-state index contributed by atoms with van der Waals surface area (Å²) in [5.41, 5.74) is 2.82. The molecular weight excluding hydrogens is 362 g/mol. The molecule has 2 atom stereocenters. The minimum absolute atomic E-state index is 0.492. The maximum Gasteiger partial charge on any atom is 0.259 e. The third-order valence-electron chi connectivity index (χ3n) is 4.33. The van der Waals surface area contributed by atoms with Gasteiger partial charge in [-0.3, -0.25) is 9.27 Å². The van der Waals surface area contributed by atoms with Crippen molar-refractivity contribution in [2.45, 2.75) is 40.0 Å². The van der Waals surface area contributed by atoms with Crippen molar-refractivity contribution >= 4 is 17.0 Å². The van der Waals surface area contributed by atoms with E-state index in [0.717, 1.165) is 41.9 Å². The summed E-state index contributed by atoms with van der Waals surface area (Å²) in [5.74, 6) is 2.07. The van der Waals surface area contributed by atoms with Gasteiger partial charge in [0.05, 0.1) is 18.9 Å². The number of para-hydroxylation sites is 2. The topological polar surface area (TPSA) is 67.8 Å². The molecule has 0 heterocycles. The van der Waals surface area contributed by atoms with E-state index in [-0.39, 0.29) is 0 Å². The lowest BCUT2D eigenvalue weighted by Gasteiger charge is -2.15. The van der Waals surface area contributed by atoms with Gasteiger partial charge in [-0.05, 0) is 68.4 Å². The summed E-state index contributed by atoms with van der Waals surface area (Å²) in [6.07, 6.45) is 2.92. The van der Waals surface area contributed by atoms with Crippen molar-refractivity contribution in [1.82, 2.24) is 0 Å². The van der Waals surface area contributed by atoms with Gasteiger partial charge in [-0.25, -0.2) is 4.21 Å². The fourth-order valence-corrected chi connectivity index (χ4v) is 3.37. The molecule has 0 radical (unpaired) electrons. The number of anilines is 1. The zero-order valence-corrected chi connectivity index (χ0v) is 17.1. The SMILES string of the molecule is CCOc1ccccc1OCCC[C@H](C)Cc1ccc(C)c(NS(=O)O)c1. The van der Waals surface area contributed by atoms with Crippen LogP contribution >= 0.6 is 0 Å². The van der Waals surface area contributed by atoms with Crippen molar-refractivity contribution in [2.75, 3.05) is 17.9 Å². The van der Waals surface area contributed by atoms with Crippen LogP contribution in [0, 0.1) is 12.8 Å². The fourth-order valence-electron chi connectivity index (χ4n) is 2.96. The summed E-state index contributed by atoms with van der Waals surface area (Å²) in [6.45, 7) is 7.36. The Bertz CT molecular complexity index is 751. The number of benzene rings is 2. The van der Waals surface area contributed by atoms with Crippen molar-refractivity contribution in [3.63, 3.8) is 0 Å². The maximum atomic E-state index is 11.0. The molecule has 0 aliphatic heterocycles. The summed E-state index contributed by atoms with van der Waals surface area (Å²) in [7, 11) is 0. The molecule has 0 aliphatic rings. The molecule has 1 unspecified atom stereocenters. The number of nitrogens with one attached hydrogen (secondary N) is 1. The number of ether oxygens (including phenoxy) is 2. The maximum absolute atomic E-state index is 11.0. The highest BCUT2D eigenvalue weighted by Gasteiger charge is 2.08. The molecule has 27 heavy (non-hydrogen) atoms. The Hall–Kier alpha value is -2.05. The van der Waals surface area contributed by atoms with E-state index in [9.17, 15) is 4.21 Å². The van der Waals surface area contributed by atoms with Crippen LogP contribution in [0.5, 0.6) is 11.5 Å². The average molecular weight is 392 g/mol. The Morgan fingerprint density at radius 1 is 1.15 bits per heavy atom. The van der Waals surface area contributed by atoms with Gasteiger partial charge in [0, 0.05) is 0 Å². The van der Waals surface area contributed by atoms with Gasteiger partial charge >= 0.3 is 0 Å². The molecule has 2 aromatic carbocycles. The molecule has 2 N–H and O–H groups in total. The molecule has 0 spiro atoms. The van der Waals surface area contributed by atoms with Crippen molar-refractivity contribution < 1.29 is 18.2 Å². The van der Waals surface area contributed by atoms with Crippen LogP contribution in [0.4, 0.5) is 5.69 Å². The van der Waals surface area contributed by atoms with Gasteiger partial charge in [0.15, 0.2) is 11.5 Å². The Morgan fingerprint density at radius 2 is 1.85 bits per heavy atom. The van der Waals surface area contributed by atoms with Gasteiger partial charge in [-0.2, -0.15) is 0 Å². The highest BCUT2D eigenvalue weighted by molar-refractivity contribution is 7.80. The third kappa shape index (κ3) is 7.23. The van der Waals surface area contributed by atoms with Crippen molar-refractivity contribution in [1.29, 1.82) is 0 Å². The molecule has 2 aromatic rings. The Balaban J connectivity index is 1.80. The standard InChI is InChI=1S/C21H29NO4S/c1-4-25-20-9-5-6-10-21(20)26-13-7-8-16(2)14-18-12-11-17(3)19(15-18)22-27(23)24/h5-6,9-12,15-16,22H,4,7-8,13-14H2,1-3H3,(H,23,24)/t16-/m0/s1. The number of hydrogen-bond acceptors (Lipinski definition) is 3. The molecular formula is C21H29NO4S. The van der Waals surface area contributed by atoms with Crippen LogP contribution in [-0.2, 0) is 17.7 Å². The van der Waals surface area contributed by atoms with Crippen LogP contribution in [0.25, 0.3) is 0 Å². The van der Waals surface area contributed by atoms with Crippen molar-refractivity contribution in [2.24, 2.45) is 5.92 Å². The quantitative estimate of drug-likeness (QED) is 0.419. The van der Waals surface area contributed by atoms with Gasteiger partial charge in [-0.15, -0.1) is 0 Å². The number of aryl methyl sites for hydroxylation is 1. The monoisotopic (exact) mass is 391 g/mol. The fraction of sp³-hybridized carbons (Fsp3) is 0.429. The lowest BCUT2D eigenvalue weighted by atomic mass is 9.96. The molecule has 5 nitrogen and oxygen atoms in total. The normalized spacial score (nSPS) is 13.0. The second-order valence-electron chi connectivity index (χ2n) is 6.68.